The molecule has 0 fully saturated rings. The zero-order chi connectivity index (χ0) is 20.1. The van der Waals surface area contributed by atoms with E-state index < -0.39 is 28.5 Å². The van der Waals surface area contributed by atoms with Gasteiger partial charge in [0.15, 0.2) is 9.84 Å². The van der Waals surface area contributed by atoms with Crippen molar-refractivity contribution >= 4 is 15.7 Å². The van der Waals surface area contributed by atoms with Crippen LogP contribution in [0.4, 0.5) is 13.2 Å². The SMILES string of the molecule is CS(=O)(=O)c1cccc(C(=O)NCc2ccc(COCC(F)(F)F)cc2)c1. The van der Waals surface area contributed by atoms with Gasteiger partial charge < -0.3 is 10.1 Å². The van der Waals surface area contributed by atoms with Crippen LogP contribution in [0, 0.1) is 0 Å². The molecule has 0 aliphatic rings. The lowest BCUT2D eigenvalue weighted by molar-refractivity contribution is -0.176. The topological polar surface area (TPSA) is 72.5 Å². The Bertz CT molecular complexity index is 894. The molecule has 0 aliphatic carbocycles. The van der Waals surface area contributed by atoms with Gasteiger partial charge in [0.25, 0.3) is 5.91 Å². The molecule has 2 aromatic rings. The Morgan fingerprint density at radius 1 is 1.07 bits per heavy atom. The largest absolute Gasteiger partial charge is 0.411 e. The van der Waals surface area contributed by atoms with Crippen LogP contribution >= 0.6 is 0 Å². The molecule has 1 N–H and O–H groups in total. The molecule has 0 spiro atoms. The summed E-state index contributed by atoms with van der Waals surface area (Å²) in [5.74, 6) is -0.432. The van der Waals surface area contributed by atoms with Crippen molar-refractivity contribution in [1.29, 1.82) is 0 Å². The van der Waals surface area contributed by atoms with E-state index in [1.165, 1.54) is 24.3 Å². The number of nitrogens with one attached hydrogen (secondary N) is 1. The van der Waals surface area contributed by atoms with Crippen molar-refractivity contribution in [2.45, 2.75) is 24.2 Å². The smallest absolute Gasteiger partial charge is 0.367 e. The highest BCUT2D eigenvalue weighted by Crippen LogP contribution is 2.16. The van der Waals surface area contributed by atoms with Crippen LogP contribution in [0.3, 0.4) is 0 Å². The normalized spacial score (nSPS) is 12.0. The number of hydrogen-bond acceptors (Lipinski definition) is 4. The van der Waals surface area contributed by atoms with E-state index in [9.17, 15) is 26.4 Å². The number of hydrogen-bond donors (Lipinski definition) is 1. The van der Waals surface area contributed by atoms with Crippen LogP contribution in [-0.2, 0) is 27.7 Å². The van der Waals surface area contributed by atoms with Gasteiger partial charge in [-0.25, -0.2) is 8.42 Å². The lowest BCUT2D eigenvalue weighted by Gasteiger charge is -2.09. The molecule has 27 heavy (non-hydrogen) atoms. The van der Waals surface area contributed by atoms with Crippen LogP contribution < -0.4 is 5.32 Å². The first-order valence-electron chi connectivity index (χ1n) is 7.85. The Morgan fingerprint density at radius 3 is 2.30 bits per heavy atom. The van der Waals surface area contributed by atoms with Crippen molar-refractivity contribution in [2.24, 2.45) is 0 Å². The van der Waals surface area contributed by atoms with Crippen molar-refractivity contribution < 1.29 is 31.1 Å². The maximum Gasteiger partial charge on any atom is 0.411 e. The summed E-state index contributed by atoms with van der Waals surface area (Å²) < 4.78 is 63.8. The van der Waals surface area contributed by atoms with Gasteiger partial charge in [-0.1, -0.05) is 30.3 Å². The Kier molecular flexibility index (Phi) is 6.61. The minimum absolute atomic E-state index is 0.0540. The molecule has 0 radical (unpaired) electrons. The van der Waals surface area contributed by atoms with Gasteiger partial charge in [0.05, 0.1) is 11.5 Å². The van der Waals surface area contributed by atoms with Gasteiger partial charge in [0, 0.05) is 18.4 Å². The molecule has 0 unspecified atom stereocenters. The van der Waals surface area contributed by atoms with Crippen LogP contribution in [0.1, 0.15) is 21.5 Å². The molecule has 0 aliphatic heterocycles. The quantitative estimate of drug-likeness (QED) is 0.774. The second kappa shape index (κ2) is 8.53. The summed E-state index contributed by atoms with van der Waals surface area (Å²) in [7, 11) is -3.41. The Labute approximate surface area is 155 Å². The number of carbonyl (C=O) groups excluding carboxylic acids is 1. The van der Waals surface area contributed by atoms with Crippen molar-refractivity contribution in [3.8, 4) is 0 Å². The molecule has 0 atom stereocenters. The summed E-state index contributed by atoms with van der Waals surface area (Å²) in [5.41, 5.74) is 1.53. The number of benzene rings is 2. The predicted octanol–water partition coefficient (Wildman–Crippen LogP) is 3.10. The number of halogens is 3. The molecule has 0 heterocycles. The average Bonchev–Trinajstić information content (AvgIpc) is 2.59. The molecule has 2 aromatic carbocycles. The maximum absolute atomic E-state index is 12.2. The molecule has 0 aromatic heterocycles. The fourth-order valence-corrected chi connectivity index (χ4v) is 2.86. The monoisotopic (exact) mass is 401 g/mol. The standard InChI is InChI=1S/C18H18F3NO4S/c1-27(24,25)16-4-2-3-15(9-16)17(23)22-10-13-5-7-14(8-6-13)11-26-12-18(19,20)21/h2-9H,10-12H2,1H3,(H,22,23). The van der Waals surface area contributed by atoms with E-state index in [4.69, 9.17) is 0 Å². The number of amides is 1. The van der Waals surface area contributed by atoms with Crippen LogP contribution in [0.2, 0.25) is 0 Å². The predicted molar refractivity (Wildman–Crippen MR) is 92.9 cm³/mol. The van der Waals surface area contributed by atoms with Crippen LogP contribution in [0.5, 0.6) is 0 Å². The van der Waals surface area contributed by atoms with E-state index in [1.807, 2.05) is 0 Å². The Morgan fingerprint density at radius 2 is 1.70 bits per heavy atom. The fraction of sp³-hybridized carbons (Fsp3) is 0.278. The van der Waals surface area contributed by atoms with Crippen LogP contribution in [0.25, 0.3) is 0 Å². The van der Waals surface area contributed by atoms with Crippen molar-refractivity contribution in [2.75, 3.05) is 12.9 Å². The van der Waals surface area contributed by atoms with E-state index in [2.05, 4.69) is 10.1 Å². The molecule has 1 amide bonds. The maximum atomic E-state index is 12.2. The highest BCUT2D eigenvalue weighted by Gasteiger charge is 2.27. The van der Waals surface area contributed by atoms with Gasteiger partial charge >= 0.3 is 6.18 Å². The third-order valence-corrected chi connectivity index (χ3v) is 4.65. The zero-order valence-electron chi connectivity index (χ0n) is 14.4. The Hall–Kier alpha value is -2.39. The summed E-state index contributed by atoms with van der Waals surface area (Å²) in [6.07, 6.45) is -3.30. The van der Waals surface area contributed by atoms with Gasteiger partial charge in [0.1, 0.15) is 6.61 Å². The van der Waals surface area contributed by atoms with Gasteiger partial charge in [-0.2, -0.15) is 13.2 Å². The minimum Gasteiger partial charge on any atom is -0.367 e. The lowest BCUT2D eigenvalue weighted by Crippen LogP contribution is -2.23. The molecule has 9 heteroatoms. The summed E-state index contributed by atoms with van der Waals surface area (Å²) >= 11 is 0. The first kappa shape index (κ1) is 20.9. The minimum atomic E-state index is -4.36. The first-order chi connectivity index (χ1) is 12.5. The van der Waals surface area contributed by atoms with Crippen LogP contribution in [0.15, 0.2) is 53.4 Å². The molecule has 2 rings (SSSR count). The van der Waals surface area contributed by atoms with Crippen molar-refractivity contribution in [3.63, 3.8) is 0 Å². The second-order valence-electron chi connectivity index (χ2n) is 5.91. The van der Waals surface area contributed by atoms with E-state index in [0.717, 1.165) is 11.8 Å². The van der Waals surface area contributed by atoms with Crippen molar-refractivity contribution in [3.05, 3.63) is 65.2 Å². The summed E-state index contributed by atoms with van der Waals surface area (Å²) in [6, 6.07) is 12.3. The zero-order valence-corrected chi connectivity index (χ0v) is 15.2. The fourth-order valence-electron chi connectivity index (χ4n) is 2.19. The highest BCUT2D eigenvalue weighted by atomic mass is 32.2. The van der Waals surface area contributed by atoms with Gasteiger partial charge in [-0.3, -0.25) is 4.79 Å². The highest BCUT2D eigenvalue weighted by molar-refractivity contribution is 7.90. The first-order valence-corrected chi connectivity index (χ1v) is 9.74. The third-order valence-electron chi connectivity index (χ3n) is 3.53. The summed E-state index contributed by atoms with van der Waals surface area (Å²) in [5, 5.41) is 2.66. The van der Waals surface area contributed by atoms with E-state index in [-0.39, 0.29) is 23.6 Å². The van der Waals surface area contributed by atoms with Crippen molar-refractivity contribution in [1.82, 2.24) is 5.32 Å². The summed E-state index contributed by atoms with van der Waals surface area (Å²) in [6.45, 7) is -1.28. The van der Waals surface area contributed by atoms with E-state index in [1.54, 1.807) is 24.3 Å². The molecule has 146 valence electrons. The number of rotatable bonds is 7. The average molecular weight is 401 g/mol. The molecular formula is C18H18F3NO4S. The van der Waals surface area contributed by atoms with Crippen LogP contribution in [-0.4, -0.2) is 33.4 Å². The third kappa shape index (κ3) is 7.03. The molecule has 5 nitrogen and oxygen atoms in total. The van der Waals surface area contributed by atoms with E-state index >= 15 is 0 Å². The Balaban J connectivity index is 1.90. The van der Waals surface area contributed by atoms with E-state index in [0.29, 0.717) is 5.56 Å². The number of ether oxygens (including phenoxy) is 1. The van der Waals surface area contributed by atoms with Gasteiger partial charge in [0.2, 0.25) is 0 Å². The summed E-state index contributed by atoms with van der Waals surface area (Å²) in [4.78, 5) is 12.2. The van der Waals surface area contributed by atoms with Gasteiger partial charge in [-0.05, 0) is 29.3 Å². The number of sulfone groups is 1. The number of alkyl halides is 3. The molecule has 0 bridgehead atoms. The van der Waals surface area contributed by atoms with Gasteiger partial charge in [-0.15, -0.1) is 0 Å². The lowest BCUT2D eigenvalue weighted by atomic mass is 10.1. The molecule has 0 saturated carbocycles. The number of carbonyl (C=O) groups is 1. The second-order valence-corrected chi connectivity index (χ2v) is 7.92. The molecule has 0 saturated heterocycles. The molecular weight excluding hydrogens is 383 g/mol.